The van der Waals surface area contributed by atoms with Crippen LogP contribution in [0.2, 0.25) is 0 Å². The average molecular weight is 283 g/mol. The lowest BCUT2D eigenvalue weighted by Crippen LogP contribution is -2.05. The predicted molar refractivity (Wildman–Crippen MR) is 83.4 cm³/mol. The molecule has 1 aliphatic carbocycles. The first kappa shape index (κ1) is 13.5. The molecular weight excluding hydrogens is 266 g/mol. The summed E-state index contributed by atoms with van der Waals surface area (Å²) in [6.45, 7) is 0.721. The number of benzene rings is 1. The third kappa shape index (κ3) is 2.86. The number of nitrogens with one attached hydrogen (secondary N) is 1. The SMILES string of the molecule is O=[N+]([O-])c1c(NCCC2=CCCC2)ccc2ncccc12. The standard InChI is InChI=1S/C16H17N3O2/c20-19(21)16-13-6-3-10-17-14(13)7-8-15(16)18-11-9-12-4-1-2-5-12/h3-4,6-8,10,18H,1-2,5,9,11H2. The first-order chi connectivity index (χ1) is 10.3. The number of nitrogens with zero attached hydrogens (tertiary/aromatic N) is 2. The van der Waals surface area contributed by atoms with Gasteiger partial charge in [-0.1, -0.05) is 11.6 Å². The van der Waals surface area contributed by atoms with E-state index >= 15 is 0 Å². The number of pyridine rings is 1. The molecule has 0 bridgehead atoms. The maximum absolute atomic E-state index is 11.4. The maximum Gasteiger partial charge on any atom is 0.301 e. The second kappa shape index (κ2) is 5.91. The monoisotopic (exact) mass is 283 g/mol. The Kier molecular flexibility index (Phi) is 3.81. The number of aromatic nitrogens is 1. The van der Waals surface area contributed by atoms with Gasteiger partial charge in [-0.2, -0.15) is 0 Å². The van der Waals surface area contributed by atoms with E-state index in [0.29, 0.717) is 16.6 Å². The Bertz CT molecular complexity index is 710. The van der Waals surface area contributed by atoms with Crippen molar-refractivity contribution in [3.05, 3.63) is 52.2 Å². The van der Waals surface area contributed by atoms with E-state index in [2.05, 4.69) is 16.4 Å². The summed E-state index contributed by atoms with van der Waals surface area (Å²) in [4.78, 5) is 15.2. The summed E-state index contributed by atoms with van der Waals surface area (Å²) in [6.07, 6.45) is 8.42. The molecule has 1 aromatic carbocycles. The highest BCUT2D eigenvalue weighted by Gasteiger charge is 2.18. The van der Waals surface area contributed by atoms with E-state index in [1.165, 1.54) is 12.0 Å². The molecule has 3 rings (SSSR count). The molecule has 1 aromatic heterocycles. The highest BCUT2D eigenvalue weighted by molar-refractivity contribution is 5.94. The van der Waals surface area contributed by atoms with Gasteiger partial charge in [-0.05, 0) is 49.9 Å². The molecule has 108 valence electrons. The Balaban J connectivity index is 1.83. The lowest BCUT2D eigenvalue weighted by Gasteiger charge is -2.09. The average Bonchev–Trinajstić information content (AvgIpc) is 3.00. The molecule has 2 aromatic rings. The van der Waals surface area contributed by atoms with Crippen molar-refractivity contribution in [3.8, 4) is 0 Å². The number of hydrogen-bond donors (Lipinski definition) is 1. The van der Waals surface area contributed by atoms with Gasteiger partial charge in [0.15, 0.2) is 0 Å². The van der Waals surface area contributed by atoms with Crippen LogP contribution in [-0.2, 0) is 0 Å². The Hall–Kier alpha value is -2.43. The lowest BCUT2D eigenvalue weighted by molar-refractivity contribution is -0.382. The fraction of sp³-hybridized carbons (Fsp3) is 0.312. The van der Waals surface area contributed by atoms with Crippen LogP contribution < -0.4 is 5.32 Å². The predicted octanol–water partition coefficient (Wildman–Crippen LogP) is 4.06. The number of hydrogen-bond acceptors (Lipinski definition) is 4. The van der Waals surface area contributed by atoms with Gasteiger partial charge in [0.25, 0.3) is 0 Å². The zero-order chi connectivity index (χ0) is 14.7. The van der Waals surface area contributed by atoms with E-state index in [1.807, 2.05) is 6.07 Å². The topological polar surface area (TPSA) is 68.1 Å². The molecule has 0 aliphatic heterocycles. The Morgan fingerprint density at radius 3 is 3.00 bits per heavy atom. The fourth-order valence-electron chi connectivity index (χ4n) is 2.80. The Labute approximate surface area is 122 Å². The van der Waals surface area contributed by atoms with Gasteiger partial charge in [-0.15, -0.1) is 0 Å². The zero-order valence-corrected chi connectivity index (χ0v) is 11.7. The second-order valence-corrected chi connectivity index (χ2v) is 5.22. The minimum Gasteiger partial charge on any atom is -0.379 e. The number of anilines is 1. The van der Waals surface area contributed by atoms with E-state index in [4.69, 9.17) is 0 Å². The van der Waals surface area contributed by atoms with Gasteiger partial charge in [0.05, 0.1) is 15.8 Å². The molecule has 0 radical (unpaired) electrons. The minimum absolute atomic E-state index is 0.112. The molecule has 0 unspecified atom stereocenters. The maximum atomic E-state index is 11.4. The molecular formula is C16H17N3O2. The van der Waals surface area contributed by atoms with Gasteiger partial charge in [-0.25, -0.2) is 0 Å². The lowest BCUT2D eigenvalue weighted by atomic mass is 10.1. The van der Waals surface area contributed by atoms with Crippen LogP contribution in [0.4, 0.5) is 11.4 Å². The quantitative estimate of drug-likeness (QED) is 0.510. The van der Waals surface area contributed by atoms with Crippen LogP contribution in [0.5, 0.6) is 0 Å². The third-order valence-electron chi connectivity index (χ3n) is 3.84. The van der Waals surface area contributed by atoms with Crippen LogP contribution in [-0.4, -0.2) is 16.5 Å². The fourth-order valence-corrected chi connectivity index (χ4v) is 2.80. The summed E-state index contributed by atoms with van der Waals surface area (Å²) in [5, 5.41) is 15.2. The summed E-state index contributed by atoms with van der Waals surface area (Å²) in [6, 6.07) is 7.03. The van der Waals surface area contributed by atoms with Crippen molar-refractivity contribution in [1.82, 2.24) is 4.98 Å². The second-order valence-electron chi connectivity index (χ2n) is 5.22. The number of nitro benzene ring substituents is 1. The van der Waals surface area contributed by atoms with Crippen LogP contribution in [0.1, 0.15) is 25.7 Å². The summed E-state index contributed by atoms with van der Waals surface area (Å²) in [5.74, 6) is 0. The van der Waals surface area contributed by atoms with E-state index in [-0.39, 0.29) is 10.6 Å². The van der Waals surface area contributed by atoms with Gasteiger partial charge in [0.1, 0.15) is 5.69 Å². The van der Waals surface area contributed by atoms with Crippen LogP contribution in [0.25, 0.3) is 10.9 Å². The molecule has 0 spiro atoms. The molecule has 0 amide bonds. The normalized spacial score (nSPS) is 14.2. The van der Waals surface area contributed by atoms with E-state index in [1.54, 1.807) is 24.4 Å². The smallest absolute Gasteiger partial charge is 0.301 e. The first-order valence-corrected chi connectivity index (χ1v) is 7.19. The van der Waals surface area contributed by atoms with Crippen molar-refractivity contribution in [2.24, 2.45) is 0 Å². The van der Waals surface area contributed by atoms with Crippen molar-refractivity contribution < 1.29 is 4.92 Å². The molecule has 5 heteroatoms. The van der Waals surface area contributed by atoms with Gasteiger partial charge in [0.2, 0.25) is 0 Å². The summed E-state index contributed by atoms with van der Waals surface area (Å²) < 4.78 is 0. The summed E-state index contributed by atoms with van der Waals surface area (Å²) in [5.41, 5.74) is 2.78. The Morgan fingerprint density at radius 1 is 1.33 bits per heavy atom. The molecule has 1 N–H and O–H groups in total. The van der Waals surface area contributed by atoms with Crippen LogP contribution >= 0.6 is 0 Å². The summed E-state index contributed by atoms with van der Waals surface area (Å²) >= 11 is 0. The van der Waals surface area contributed by atoms with E-state index in [0.717, 1.165) is 25.8 Å². The van der Waals surface area contributed by atoms with E-state index < -0.39 is 0 Å². The first-order valence-electron chi connectivity index (χ1n) is 7.19. The van der Waals surface area contributed by atoms with Gasteiger partial charge >= 0.3 is 5.69 Å². The third-order valence-corrected chi connectivity index (χ3v) is 3.84. The van der Waals surface area contributed by atoms with Crippen LogP contribution in [0.3, 0.4) is 0 Å². The van der Waals surface area contributed by atoms with Gasteiger partial charge in [-0.3, -0.25) is 15.1 Å². The van der Waals surface area contributed by atoms with Crippen molar-refractivity contribution in [2.75, 3.05) is 11.9 Å². The zero-order valence-electron chi connectivity index (χ0n) is 11.7. The molecule has 0 atom stereocenters. The van der Waals surface area contributed by atoms with Crippen molar-refractivity contribution >= 4 is 22.3 Å². The van der Waals surface area contributed by atoms with Crippen molar-refractivity contribution in [2.45, 2.75) is 25.7 Å². The van der Waals surface area contributed by atoms with E-state index in [9.17, 15) is 10.1 Å². The molecule has 0 saturated carbocycles. The Morgan fingerprint density at radius 2 is 2.24 bits per heavy atom. The molecule has 21 heavy (non-hydrogen) atoms. The molecule has 5 nitrogen and oxygen atoms in total. The number of allylic oxidation sites excluding steroid dienone is 1. The minimum atomic E-state index is -0.332. The number of nitro groups is 1. The molecule has 0 saturated heterocycles. The van der Waals surface area contributed by atoms with Crippen molar-refractivity contribution in [3.63, 3.8) is 0 Å². The van der Waals surface area contributed by atoms with Gasteiger partial charge in [0, 0.05) is 12.7 Å². The van der Waals surface area contributed by atoms with Crippen LogP contribution in [0, 0.1) is 10.1 Å². The molecule has 1 heterocycles. The number of fused-ring (bicyclic) bond motifs is 1. The molecule has 1 aliphatic rings. The summed E-state index contributed by atoms with van der Waals surface area (Å²) in [7, 11) is 0. The van der Waals surface area contributed by atoms with Crippen LogP contribution in [0.15, 0.2) is 42.1 Å². The number of rotatable bonds is 5. The largest absolute Gasteiger partial charge is 0.379 e. The highest BCUT2D eigenvalue weighted by atomic mass is 16.6. The van der Waals surface area contributed by atoms with Crippen molar-refractivity contribution in [1.29, 1.82) is 0 Å². The highest BCUT2D eigenvalue weighted by Crippen LogP contribution is 2.32. The molecule has 0 fully saturated rings. The van der Waals surface area contributed by atoms with Gasteiger partial charge < -0.3 is 5.32 Å².